The number of carbonyl (C=O) groups is 1. The van der Waals surface area contributed by atoms with E-state index in [4.69, 9.17) is 9.40 Å². The van der Waals surface area contributed by atoms with Crippen molar-refractivity contribution >= 4 is 23.1 Å². The van der Waals surface area contributed by atoms with Crippen LogP contribution in [0.1, 0.15) is 21.5 Å². The van der Waals surface area contributed by atoms with Crippen molar-refractivity contribution in [3.05, 3.63) is 124 Å². The fourth-order valence-corrected chi connectivity index (χ4v) is 3.70. The molecule has 6 nitrogen and oxygen atoms in total. The molecular weight excluding hydrogens is 438 g/mol. The quantitative estimate of drug-likeness (QED) is 0.274. The van der Waals surface area contributed by atoms with Crippen LogP contribution in [-0.2, 0) is 0 Å². The molecule has 0 saturated heterocycles. The first-order chi connectivity index (χ1) is 17.1. The highest BCUT2D eigenvalue weighted by atomic mass is 16.3. The maximum atomic E-state index is 13.0. The number of benzene rings is 3. The molecule has 1 amide bonds. The molecule has 5 rings (SSSR count). The first kappa shape index (κ1) is 22.0. The average Bonchev–Trinajstić information content (AvgIpc) is 2.90. The zero-order valence-corrected chi connectivity index (χ0v) is 18.9. The minimum Gasteiger partial charge on any atom is -0.463 e. The van der Waals surface area contributed by atoms with Gasteiger partial charge in [-0.05, 0) is 31.2 Å². The molecule has 170 valence electrons. The highest BCUT2D eigenvalue weighted by Gasteiger charge is 2.12. The molecule has 0 spiro atoms. The molecule has 0 aliphatic rings. The van der Waals surface area contributed by atoms with Crippen molar-refractivity contribution in [3.63, 3.8) is 0 Å². The third-order valence-electron chi connectivity index (χ3n) is 5.58. The van der Waals surface area contributed by atoms with Gasteiger partial charge in [-0.25, -0.2) is 10.4 Å². The number of nitrogens with zero attached hydrogens (tertiary/aromatic N) is 2. The number of amides is 1. The van der Waals surface area contributed by atoms with Crippen molar-refractivity contribution in [2.75, 3.05) is 0 Å². The van der Waals surface area contributed by atoms with E-state index in [1.807, 2.05) is 61.5 Å². The van der Waals surface area contributed by atoms with E-state index in [1.165, 1.54) is 12.5 Å². The van der Waals surface area contributed by atoms with Crippen LogP contribution in [0, 0.1) is 6.92 Å². The molecule has 0 fully saturated rings. The smallest absolute Gasteiger partial charge is 0.271 e. The Kier molecular flexibility index (Phi) is 6.01. The molecule has 0 atom stereocenters. The number of rotatable bonds is 5. The molecule has 0 bridgehead atoms. The summed E-state index contributed by atoms with van der Waals surface area (Å²) in [6.07, 6.45) is 2.62. The zero-order chi connectivity index (χ0) is 24.2. The Bertz CT molecular complexity index is 1600. The molecule has 1 N–H and O–H groups in total. The number of hydrazone groups is 1. The van der Waals surface area contributed by atoms with Crippen LogP contribution >= 0.6 is 0 Å². The van der Waals surface area contributed by atoms with Gasteiger partial charge in [0.15, 0.2) is 0 Å². The summed E-state index contributed by atoms with van der Waals surface area (Å²) in [5.74, 6) is -0.417. The largest absolute Gasteiger partial charge is 0.463 e. The summed E-state index contributed by atoms with van der Waals surface area (Å²) in [6, 6.07) is 28.1. The maximum absolute atomic E-state index is 13.0. The second-order valence-corrected chi connectivity index (χ2v) is 8.07. The first-order valence-electron chi connectivity index (χ1n) is 11.1. The summed E-state index contributed by atoms with van der Waals surface area (Å²) >= 11 is 0. The van der Waals surface area contributed by atoms with E-state index in [1.54, 1.807) is 36.4 Å². The lowest BCUT2D eigenvalue weighted by Gasteiger charge is -2.09. The van der Waals surface area contributed by atoms with Gasteiger partial charge in [0.05, 0.1) is 28.6 Å². The molecule has 35 heavy (non-hydrogen) atoms. The summed E-state index contributed by atoms with van der Waals surface area (Å²) in [4.78, 5) is 30.4. The summed E-state index contributed by atoms with van der Waals surface area (Å²) in [7, 11) is 0. The second-order valence-electron chi connectivity index (χ2n) is 8.07. The molecular formula is C29H21N3O3. The lowest BCUT2D eigenvalue weighted by Crippen LogP contribution is -2.19. The summed E-state index contributed by atoms with van der Waals surface area (Å²) in [5.41, 5.74) is 7.71. The molecule has 2 heterocycles. The normalized spacial score (nSPS) is 11.1. The number of carbonyl (C=O) groups excluding carboxylic acids is 1. The second kappa shape index (κ2) is 9.57. The van der Waals surface area contributed by atoms with Crippen LogP contribution in [0.3, 0.4) is 0 Å². The van der Waals surface area contributed by atoms with Crippen molar-refractivity contribution in [1.82, 2.24) is 10.4 Å². The fraction of sp³-hybridized carbons (Fsp3) is 0.0345. The number of hydrogen-bond acceptors (Lipinski definition) is 5. The van der Waals surface area contributed by atoms with E-state index < -0.39 is 5.91 Å². The molecule has 0 aliphatic carbocycles. The summed E-state index contributed by atoms with van der Waals surface area (Å²) in [6.45, 7) is 2.02. The van der Waals surface area contributed by atoms with Crippen molar-refractivity contribution in [3.8, 4) is 22.5 Å². The number of aromatic nitrogens is 1. The van der Waals surface area contributed by atoms with Crippen LogP contribution in [0.2, 0.25) is 0 Å². The molecule has 3 aromatic carbocycles. The van der Waals surface area contributed by atoms with Crippen LogP contribution in [0.5, 0.6) is 0 Å². The maximum Gasteiger partial charge on any atom is 0.271 e. The molecule has 0 saturated carbocycles. The van der Waals surface area contributed by atoms with Gasteiger partial charge in [-0.1, -0.05) is 72.3 Å². The SMILES string of the molecule is Cc1ccc(-c2cc(C(=O)N/N=C/c3coc4ccccc4c3=O)cc(-c3ccccc3)n2)cc1. The molecule has 0 aliphatic heterocycles. The van der Waals surface area contributed by atoms with E-state index in [9.17, 15) is 9.59 Å². The van der Waals surface area contributed by atoms with Gasteiger partial charge in [0, 0.05) is 16.7 Å². The first-order valence-corrected chi connectivity index (χ1v) is 11.1. The molecule has 6 heteroatoms. The minimum atomic E-state index is -0.417. The highest BCUT2D eigenvalue weighted by Crippen LogP contribution is 2.25. The van der Waals surface area contributed by atoms with E-state index >= 15 is 0 Å². The average molecular weight is 460 g/mol. The Morgan fingerprint density at radius 2 is 1.54 bits per heavy atom. The van der Waals surface area contributed by atoms with Crippen LogP contribution < -0.4 is 10.9 Å². The molecule has 0 radical (unpaired) electrons. The number of hydrogen-bond donors (Lipinski definition) is 1. The number of para-hydroxylation sites is 1. The predicted octanol–water partition coefficient (Wildman–Crippen LogP) is 5.59. The third kappa shape index (κ3) is 4.77. The Morgan fingerprint density at radius 1 is 0.886 bits per heavy atom. The predicted molar refractivity (Wildman–Crippen MR) is 137 cm³/mol. The van der Waals surface area contributed by atoms with Crippen LogP contribution in [0.15, 0.2) is 112 Å². The third-order valence-corrected chi connectivity index (χ3v) is 5.58. The van der Waals surface area contributed by atoms with E-state index in [0.717, 1.165) is 16.7 Å². The fourth-order valence-electron chi connectivity index (χ4n) is 3.70. The monoisotopic (exact) mass is 459 g/mol. The Morgan fingerprint density at radius 3 is 2.29 bits per heavy atom. The van der Waals surface area contributed by atoms with Gasteiger partial charge in [0.2, 0.25) is 5.43 Å². The zero-order valence-electron chi connectivity index (χ0n) is 18.9. The number of fused-ring (bicyclic) bond motifs is 1. The van der Waals surface area contributed by atoms with Crippen molar-refractivity contribution < 1.29 is 9.21 Å². The molecule has 5 aromatic rings. The minimum absolute atomic E-state index is 0.221. The molecule has 2 aromatic heterocycles. The molecule has 0 unspecified atom stereocenters. The van der Waals surface area contributed by atoms with Gasteiger partial charge < -0.3 is 4.42 Å². The summed E-state index contributed by atoms with van der Waals surface area (Å²) < 4.78 is 5.49. The van der Waals surface area contributed by atoms with Crippen LogP contribution in [0.25, 0.3) is 33.5 Å². The number of pyridine rings is 1. The Balaban J connectivity index is 1.46. The highest BCUT2D eigenvalue weighted by molar-refractivity contribution is 5.97. The van der Waals surface area contributed by atoms with Gasteiger partial charge in [-0.15, -0.1) is 0 Å². The lowest BCUT2D eigenvalue weighted by atomic mass is 10.0. The van der Waals surface area contributed by atoms with Gasteiger partial charge in [0.25, 0.3) is 5.91 Å². The van der Waals surface area contributed by atoms with Crippen molar-refractivity contribution in [1.29, 1.82) is 0 Å². The number of aryl methyl sites for hydroxylation is 1. The summed E-state index contributed by atoms with van der Waals surface area (Å²) in [5, 5.41) is 4.45. The van der Waals surface area contributed by atoms with Crippen LogP contribution in [0.4, 0.5) is 0 Å². The van der Waals surface area contributed by atoms with Gasteiger partial charge in [-0.3, -0.25) is 9.59 Å². The van der Waals surface area contributed by atoms with Gasteiger partial charge in [0.1, 0.15) is 11.8 Å². The number of nitrogens with one attached hydrogen (secondary N) is 1. The standard InChI is InChI=1S/C29H21N3O3/c1-19-11-13-21(14-12-19)26-16-22(15-25(31-26)20-7-3-2-4-8-20)29(34)32-30-17-23-18-35-27-10-6-5-9-24(27)28(23)33/h2-18H,1H3,(H,32,34)/b30-17+. The van der Waals surface area contributed by atoms with Crippen molar-refractivity contribution in [2.45, 2.75) is 6.92 Å². The van der Waals surface area contributed by atoms with Gasteiger partial charge in [-0.2, -0.15) is 5.10 Å². The van der Waals surface area contributed by atoms with E-state index in [0.29, 0.717) is 27.9 Å². The van der Waals surface area contributed by atoms with Crippen LogP contribution in [-0.4, -0.2) is 17.1 Å². The van der Waals surface area contributed by atoms with E-state index in [-0.39, 0.29) is 11.0 Å². The van der Waals surface area contributed by atoms with Crippen molar-refractivity contribution in [2.24, 2.45) is 5.10 Å². The Hall–Kier alpha value is -4.84. The lowest BCUT2D eigenvalue weighted by molar-refractivity contribution is 0.0955. The Labute approximate surface area is 201 Å². The topological polar surface area (TPSA) is 84.6 Å². The van der Waals surface area contributed by atoms with E-state index in [2.05, 4.69) is 10.5 Å². The van der Waals surface area contributed by atoms with Gasteiger partial charge >= 0.3 is 0 Å².